The lowest BCUT2D eigenvalue weighted by atomic mass is 10.2. The van der Waals surface area contributed by atoms with Crippen LogP contribution >= 0.6 is 27.5 Å². The van der Waals surface area contributed by atoms with Gasteiger partial charge in [-0.1, -0.05) is 11.6 Å². The Morgan fingerprint density at radius 2 is 2.36 bits per heavy atom. The Morgan fingerprint density at radius 1 is 1.64 bits per heavy atom. The normalized spacial score (nSPS) is 9.36. The molecule has 0 atom stereocenters. The summed E-state index contributed by atoms with van der Waals surface area (Å²) in [5, 5.41) is 0.518. The molecule has 1 aromatic carbocycles. The maximum absolute atomic E-state index is 9.93. The molecule has 0 spiro atoms. The van der Waals surface area contributed by atoms with Gasteiger partial charge in [0.25, 0.3) is 0 Å². The first-order valence-electron chi connectivity index (χ1n) is 3.74. The van der Waals surface area contributed by atoms with E-state index in [2.05, 4.69) is 20.9 Å². The molecule has 14 heavy (non-hydrogen) atoms. The molecule has 0 aliphatic rings. The average molecular weight is 277 g/mol. The highest BCUT2D eigenvalue weighted by Crippen LogP contribution is 2.31. The number of hydrogen-bond acceptors (Lipinski definition) is 3. The summed E-state index contributed by atoms with van der Waals surface area (Å²) >= 11 is 9.23. The zero-order valence-electron chi connectivity index (χ0n) is 7.38. The fourth-order valence-electron chi connectivity index (χ4n) is 0.965. The van der Waals surface area contributed by atoms with Gasteiger partial charge in [0, 0.05) is 11.1 Å². The largest absolute Gasteiger partial charge is 0.496 e. The van der Waals surface area contributed by atoms with E-state index in [0.29, 0.717) is 10.8 Å². The Morgan fingerprint density at radius 3 is 2.93 bits per heavy atom. The van der Waals surface area contributed by atoms with Gasteiger partial charge >= 0.3 is 0 Å². The van der Waals surface area contributed by atoms with Crippen LogP contribution in [0.3, 0.4) is 0 Å². The zero-order valence-corrected chi connectivity index (χ0v) is 9.72. The van der Waals surface area contributed by atoms with E-state index >= 15 is 0 Å². The molecule has 0 N–H and O–H groups in total. The van der Waals surface area contributed by atoms with Gasteiger partial charge in [-0.05, 0) is 27.6 Å². The number of hydrogen-bond donors (Lipinski definition) is 0. The van der Waals surface area contributed by atoms with Crippen LogP contribution in [0.25, 0.3) is 0 Å². The summed E-state index contributed by atoms with van der Waals surface area (Å²) < 4.78 is 5.82. The number of methoxy groups -OCH3 is 1. The highest BCUT2D eigenvalue weighted by atomic mass is 79.9. The van der Waals surface area contributed by atoms with Crippen LogP contribution in [0.5, 0.6) is 5.75 Å². The highest BCUT2D eigenvalue weighted by molar-refractivity contribution is 9.10. The van der Waals surface area contributed by atoms with E-state index in [1.54, 1.807) is 19.2 Å². The summed E-state index contributed by atoms with van der Waals surface area (Å²) in [6.45, 7) is 0.227. The minimum absolute atomic E-state index is 0.227. The van der Waals surface area contributed by atoms with Crippen molar-refractivity contribution in [3.8, 4) is 5.75 Å². The van der Waals surface area contributed by atoms with E-state index in [1.165, 1.54) is 6.08 Å². The summed E-state index contributed by atoms with van der Waals surface area (Å²) in [4.78, 5) is 13.4. The summed E-state index contributed by atoms with van der Waals surface area (Å²) in [6, 6.07) is 3.43. The third-order valence-electron chi connectivity index (χ3n) is 1.63. The lowest BCUT2D eigenvalue weighted by Crippen LogP contribution is -1.89. The van der Waals surface area contributed by atoms with Crippen LogP contribution in [-0.2, 0) is 11.3 Å². The third-order valence-corrected chi connectivity index (χ3v) is 2.61. The number of aliphatic imine (C=N–C) groups is 1. The van der Waals surface area contributed by atoms with Gasteiger partial charge in [0.1, 0.15) is 5.75 Å². The van der Waals surface area contributed by atoms with Crippen molar-refractivity contribution < 1.29 is 9.53 Å². The molecule has 0 aromatic heterocycles. The van der Waals surface area contributed by atoms with Crippen molar-refractivity contribution in [2.45, 2.75) is 6.54 Å². The number of isocyanates is 1. The number of rotatable bonds is 3. The van der Waals surface area contributed by atoms with Crippen LogP contribution in [0, 0.1) is 0 Å². The number of ether oxygens (including phenoxy) is 1. The number of carbonyl (C=O) groups excluding carboxylic acids is 1. The van der Waals surface area contributed by atoms with E-state index in [4.69, 9.17) is 16.3 Å². The molecule has 1 aromatic rings. The fourth-order valence-corrected chi connectivity index (χ4v) is 1.73. The SMILES string of the molecule is COc1cc(Cl)c(CN=C=O)cc1Br. The molecular weight excluding hydrogens is 269 g/mol. The van der Waals surface area contributed by atoms with Gasteiger partial charge in [-0.2, -0.15) is 0 Å². The molecule has 3 nitrogen and oxygen atoms in total. The van der Waals surface area contributed by atoms with Crippen LogP contribution in [0.4, 0.5) is 0 Å². The van der Waals surface area contributed by atoms with Gasteiger partial charge < -0.3 is 4.74 Å². The molecule has 5 heteroatoms. The van der Waals surface area contributed by atoms with Gasteiger partial charge in [0.05, 0.1) is 18.1 Å². The first kappa shape index (κ1) is 11.2. The molecule has 0 aliphatic carbocycles. The van der Waals surface area contributed by atoms with Crippen LogP contribution < -0.4 is 4.74 Å². The Bertz CT molecular complexity index is 389. The first-order chi connectivity index (χ1) is 6.69. The molecular formula is C9H7BrClNO2. The van der Waals surface area contributed by atoms with Gasteiger partial charge in [-0.15, -0.1) is 0 Å². The quantitative estimate of drug-likeness (QED) is 0.629. The average Bonchev–Trinajstić information content (AvgIpc) is 2.18. The molecule has 0 bridgehead atoms. The topological polar surface area (TPSA) is 38.7 Å². The van der Waals surface area contributed by atoms with Crippen molar-refractivity contribution in [3.05, 3.63) is 27.2 Å². The van der Waals surface area contributed by atoms with E-state index in [1.807, 2.05) is 0 Å². The van der Waals surface area contributed by atoms with Crippen LogP contribution in [0.15, 0.2) is 21.6 Å². The van der Waals surface area contributed by atoms with Crippen molar-refractivity contribution in [1.82, 2.24) is 0 Å². The van der Waals surface area contributed by atoms with Gasteiger partial charge in [0.15, 0.2) is 0 Å². The van der Waals surface area contributed by atoms with Gasteiger partial charge in [-0.3, -0.25) is 0 Å². The molecule has 0 saturated heterocycles. The molecule has 0 heterocycles. The lowest BCUT2D eigenvalue weighted by Gasteiger charge is -2.06. The van der Waals surface area contributed by atoms with Crippen molar-refractivity contribution >= 4 is 33.6 Å². The van der Waals surface area contributed by atoms with Crippen LogP contribution in [0.2, 0.25) is 5.02 Å². The molecule has 0 amide bonds. The minimum atomic E-state index is 0.227. The molecule has 0 saturated carbocycles. The van der Waals surface area contributed by atoms with E-state index in [9.17, 15) is 4.79 Å². The number of halogens is 2. The first-order valence-corrected chi connectivity index (χ1v) is 4.91. The second kappa shape index (κ2) is 5.15. The van der Waals surface area contributed by atoms with E-state index in [0.717, 1.165) is 10.0 Å². The van der Waals surface area contributed by atoms with Crippen molar-refractivity contribution in [1.29, 1.82) is 0 Å². The molecule has 0 radical (unpaired) electrons. The minimum Gasteiger partial charge on any atom is -0.496 e. The Labute approximate surface area is 94.9 Å². The maximum Gasteiger partial charge on any atom is 0.235 e. The molecule has 0 aliphatic heterocycles. The number of nitrogens with zero attached hydrogens (tertiary/aromatic N) is 1. The Kier molecular flexibility index (Phi) is 4.14. The third kappa shape index (κ3) is 2.58. The standard InChI is InChI=1S/C9H7BrClNO2/c1-14-9-3-8(11)6(2-7(9)10)4-12-5-13/h2-3H,4H2,1H3. The Hall–Kier alpha value is -0.830. The van der Waals surface area contributed by atoms with Crippen LogP contribution in [-0.4, -0.2) is 13.2 Å². The lowest BCUT2D eigenvalue weighted by molar-refractivity contribution is 0.412. The molecule has 0 fully saturated rings. The Balaban J connectivity index is 3.08. The van der Waals surface area contributed by atoms with E-state index < -0.39 is 0 Å². The highest BCUT2D eigenvalue weighted by Gasteiger charge is 2.06. The van der Waals surface area contributed by atoms with Crippen molar-refractivity contribution in [2.75, 3.05) is 7.11 Å². The fraction of sp³-hybridized carbons (Fsp3) is 0.222. The summed E-state index contributed by atoms with van der Waals surface area (Å²) in [5.74, 6) is 0.647. The predicted molar refractivity (Wildman–Crippen MR) is 57.5 cm³/mol. The molecule has 0 unspecified atom stereocenters. The second-order valence-corrected chi connectivity index (χ2v) is 3.75. The van der Waals surface area contributed by atoms with Gasteiger partial charge in [0.2, 0.25) is 6.08 Å². The van der Waals surface area contributed by atoms with Gasteiger partial charge in [-0.25, -0.2) is 9.79 Å². The zero-order chi connectivity index (χ0) is 10.6. The number of benzene rings is 1. The monoisotopic (exact) mass is 275 g/mol. The summed E-state index contributed by atoms with van der Waals surface area (Å²) in [5.41, 5.74) is 0.752. The second-order valence-electron chi connectivity index (χ2n) is 2.49. The molecule has 1 rings (SSSR count). The van der Waals surface area contributed by atoms with Crippen molar-refractivity contribution in [3.63, 3.8) is 0 Å². The smallest absolute Gasteiger partial charge is 0.235 e. The summed E-state index contributed by atoms with van der Waals surface area (Å²) in [6.07, 6.45) is 1.46. The summed E-state index contributed by atoms with van der Waals surface area (Å²) in [7, 11) is 1.56. The molecule has 74 valence electrons. The predicted octanol–water partition coefficient (Wildman–Crippen LogP) is 2.95. The van der Waals surface area contributed by atoms with Crippen molar-refractivity contribution in [2.24, 2.45) is 4.99 Å². The van der Waals surface area contributed by atoms with Crippen LogP contribution in [0.1, 0.15) is 5.56 Å². The van der Waals surface area contributed by atoms with E-state index in [-0.39, 0.29) is 6.54 Å². The maximum atomic E-state index is 9.93.